The maximum Gasteiger partial charge on any atom is 0.121 e. The van der Waals surface area contributed by atoms with E-state index in [4.69, 9.17) is 4.74 Å². The molecule has 0 radical (unpaired) electrons. The second-order valence-corrected chi connectivity index (χ2v) is 7.40. The van der Waals surface area contributed by atoms with Crippen LogP contribution in [0, 0.1) is 0 Å². The van der Waals surface area contributed by atoms with Crippen LogP contribution < -0.4 is 4.74 Å². The second kappa shape index (κ2) is 10.3. The molecule has 0 bridgehead atoms. The Kier molecular flexibility index (Phi) is 8.04. The molecule has 0 saturated heterocycles. The van der Waals surface area contributed by atoms with Gasteiger partial charge in [0.1, 0.15) is 12.4 Å². The number of fused-ring (bicyclic) bond motifs is 1. The van der Waals surface area contributed by atoms with Crippen molar-refractivity contribution in [1.82, 2.24) is 9.27 Å². The average molecular weight is 373 g/mol. The molecular formula is C21H28N2O2S. The van der Waals surface area contributed by atoms with E-state index in [9.17, 15) is 5.11 Å². The summed E-state index contributed by atoms with van der Waals surface area (Å²) in [5, 5.41) is 11.2. The summed E-state index contributed by atoms with van der Waals surface area (Å²) in [6, 6.07) is 6.01. The van der Waals surface area contributed by atoms with Gasteiger partial charge in [0, 0.05) is 24.9 Å². The number of hydrogen-bond acceptors (Lipinski definition) is 5. The number of likely N-dealkylation sites (N-methyl/N-ethyl adjacent to an activating group) is 1. The van der Waals surface area contributed by atoms with Gasteiger partial charge in [0.15, 0.2) is 0 Å². The van der Waals surface area contributed by atoms with Crippen LogP contribution in [-0.2, 0) is 6.42 Å². The van der Waals surface area contributed by atoms with Crippen molar-refractivity contribution in [3.63, 3.8) is 0 Å². The number of aliphatic hydroxyl groups excluding tert-OH is 1. The van der Waals surface area contributed by atoms with E-state index in [1.54, 1.807) is 0 Å². The topological polar surface area (TPSA) is 45.6 Å². The number of nitrogens with zero attached hydrogens (tertiary/aromatic N) is 2. The molecule has 0 aliphatic carbocycles. The Morgan fingerprint density at radius 1 is 1.35 bits per heavy atom. The average Bonchev–Trinajstić information content (AvgIpc) is 2.96. The number of benzene rings is 1. The zero-order valence-electron chi connectivity index (χ0n) is 15.8. The van der Waals surface area contributed by atoms with Gasteiger partial charge in [-0.25, -0.2) is 0 Å². The molecule has 1 aromatic carbocycles. The summed E-state index contributed by atoms with van der Waals surface area (Å²) >= 11 is 1.45. The first kappa shape index (κ1) is 20.4. The molecule has 1 unspecified atom stereocenters. The lowest BCUT2D eigenvalue weighted by atomic mass is 10.1. The molecule has 0 aliphatic heterocycles. The first-order chi connectivity index (χ1) is 12.5. The molecule has 0 amide bonds. The predicted octanol–water partition coefficient (Wildman–Crippen LogP) is 4.22. The van der Waals surface area contributed by atoms with Gasteiger partial charge in [-0.3, -0.25) is 4.90 Å². The van der Waals surface area contributed by atoms with Gasteiger partial charge in [-0.1, -0.05) is 29.9 Å². The highest BCUT2D eigenvalue weighted by Gasteiger charge is 2.11. The van der Waals surface area contributed by atoms with E-state index in [2.05, 4.69) is 29.0 Å². The van der Waals surface area contributed by atoms with Crippen molar-refractivity contribution < 1.29 is 9.84 Å². The number of hydrogen-bond donors (Lipinski definition) is 1. The van der Waals surface area contributed by atoms with Crippen molar-refractivity contribution in [2.75, 3.05) is 26.7 Å². The van der Waals surface area contributed by atoms with E-state index in [1.165, 1.54) is 11.5 Å². The van der Waals surface area contributed by atoms with Crippen LogP contribution in [0.1, 0.15) is 19.5 Å². The molecule has 2 aromatic rings. The van der Waals surface area contributed by atoms with Crippen LogP contribution in [0.5, 0.6) is 5.75 Å². The van der Waals surface area contributed by atoms with Gasteiger partial charge in [0.05, 0.1) is 16.5 Å². The molecule has 1 heterocycles. The third-order valence-corrected chi connectivity index (χ3v) is 4.66. The molecule has 0 fully saturated rings. The summed E-state index contributed by atoms with van der Waals surface area (Å²) in [5.74, 6) is 0.835. The van der Waals surface area contributed by atoms with Crippen LogP contribution >= 0.6 is 11.5 Å². The summed E-state index contributed by atoms with van der Waals surface area (Å²) < 4.78 is 11.4. The van der Waals surface area contributed by atoms with Crippen molar-refractivity contribution in [3.05, 3.63) is 60.3 Å². The summed E-state index contributed by atoms with van der Waals surface area (Å²) in [5.41, 5.74) is 2.04. The molecule has 26 heavy (non-hydrogen) atoms. The molecular weight excluding hydrogens is 344 g/mol. The largest absolute Gasteiger partial charge is 0.489 e. The molecule has 2 rings (SSSR count). The van der Waals surface area contributed by atoms with Crippen LogP contribution in [-0.4, -0.2) is 47.2 Å². The van der Waals surface area contributed by atoms with Crippen molar-refractivity contribution in [3.8, 4) is 5.75 Å². The minimum Gasteiger partial charge on any atom is -0.489 e. The van der Waals surface area contributed by atoms with E-state index in [0.29, 0.717) is 13.0 Å². The van der Waals surface area contributed by atoms with E-state index in [1.807, 2.05) is 50.3 Å². The third-order valence-electron chi connectivity index (χ3n) is 3.82. The van der Waals surface area contributed by atoms with Crippen LogP contribution in [0.3, 0.4) is 0 Å². The standard InChI is InChI=1S/C21H28N2O2S/c1-5-10-23(4)11-6-7-12-25-18-8-9-19-20(22-26-21(19)15-18)14-17(24)13-16(2)3/h5-9,13,15,17,24H,1,10-12,14H2,2-4H3. The molecule has 0 aliphatic rings. The summed E-state index contributed by atoms with van der Waals surface area (Å²) in [6.07, 6.45) is 7.91. The Morgan fingerprint density at radius 3 is 2.88 bits per heavy atom. The van der Waals surface area contributed by atoms with E-state index in [0.717, 1.165) is 40.2 Å². The molecule has 140 valence electrons. The number of rotatable bonds is 10. The molecule has 5 heteroatoms. The predicted molar refractivity (Wildman–Crippen MR) is 111 cm³/mol. The number of aliphatic hydroxyl groups is 1. The number of aromatic nitrogens is 1. The van der Waals surface area contributed by atoms with Gasteiger partial charge in [-0.15, -0.1) is 6.58 Å². The summed E-state index contributed by atoms with van der Waals surface area (Å²) in [4.78, 5) is 2.16. The highest BCUT2D eigenvalue weighted by atomic mass is 32.1. The molecule has 1 N–H and O–H groups in total. The number of allylic oxidation sites excluding steroid dienone is 1. The van der Waals surface area contributed by atoms with Gasteiger partial charge >= 0.3 is 0 Å². The first-order valence-electron chi connectivity index (χ1n) is 8.78. The second-order valence-electron chi connectivity index (χ2n) is 6.60. The first-order valence-corrected chi connectivity index (χ1v) is 9.55. The Morgan fingerprint density at radius 2 is 2.15 bits per heavy atom. The fourth-order valence-electron chi connectivity index (χ4n) is 2.61. The van der Waals surface area contributed by atoms with Crippen molar-refractivity contribution in [2.24, 2.45) is 0 Å². The van der Waals surface area contributed by atoms with Crippen LogP contribution in [0.15, 0.2) is 54.7 Å². The van der Waals surface area contributed by atoms with Gasteiger partial charge in [-0.2, -0.15) is 4.37 Å². The Balaban J connectivity index is 1.92. The molecule has 1 atom stereocenters. The molecule has 0 spiro atoms. The van der Waals surface area contributed by atoms with Crippen LogP contribution in [0.4, 0.5) is 0 Å². The maximum absolute atomic E-state index is 10.1. The summed E-state index contributed by atoms with van der Waals surface area (Å²) in [6.45, 7) is 9.98. The zero-order chi connectivity index (χ0) is 18.9. The normalized spacial score (nSPS) is 12.7. The van der Waals surface area contributed by atoms with Crippen molar-refractivity contribution in [2.45, 2.75) is 26.4 Å². The third kappa shape index (κ3) is 6.41. The SMILES string of the molecule is C=CCN(C)CC=CCOc1ccc2c(CC(O)C=C(C)C)nsc2c1. The summed E-state index contributed by atoms with van der Waals surface area (Å²) in [7, 11) is 2.05. The quantitative estimate of drug-likeness (QED) is 0.634. The lowest BCUT2D eigenvalue weighted by molar-refractivity contribution is 0.222. The Hall–Kier alpha value is -1.95. The zero-order valence-corrected chi connectivity index (χ0v) is 16.6. The van der Waals surface area contributed by atoms with Crippen LogP contribution in [0.25, 0.3) is 10.1 Å². The Labute approximate surface area is 160 Å². The van der Waals surface area contributed by atoms with Gasteiger partial charge in [0.2, 0.25) is 0 Å². The lowest BCUT2D eigenvalue weighted by Crippen LogP contribution is -2.17. The van der Waals surface area contributed by atoms with E-state index < -0.39 is 6.10 Å². The minimum atomic E-state index is -0.495. The van der Waals surface area contributed by atoms with Crippen LogP contribution in [0.2, 0.25) is 0 Å². The van der Waals surface area contributed by atoms with Gasteiger partial charge < -0.3 is 9.84 Å². The highest BCUT2D eigenvalue weighted by Crippen LogP contribution is 2.28. The fourth-order valence-corrected chi connectivity index (χ4v) is 3.45. The highest BCUT2D eigenvalue weighted by molar-refractivity contribution is 7.13. The van der Waals surface area contributed by atoms with Gasteiger partial charge in [-0.05, 0) is 50.6 Å². The Bertz CT molecular complexity index is 775. The monoisotopic (exact) mass is 372 g/mol. The molecule has 0 saturated carbocycles. The smallest absolute Gasteiger partial charge is 0.121 e. The maximum atomic E-state index is 10.1. The van der Waals surface area contributed by atoms with Crippen molar-refractivity contribution in [1.29, 1.82) is 0 Å². The minimum absolute atomic E-state index is 0.495. The molecule has 4 nitrogen and oxygen atoms in total. The fraction of sp³-hybridized carbons (Fsp3) is 0.381. The van der Waals surface area contributed by atoms with Crippen molar-refractivity contribution >= 4 is 21.6 Å². The van der Waals surface area contributed by atoms with E-state index in [-0.39, 0.29) is 0 Å². The lowest BCUT2D eigenvalue weighted by Gasteiger charge is -2.10. The van der Waals surface area contributed by atoms with Gasteiger partial charge in [0.25, 0.3) is 0 Å². The van der Waals surface area contributed by atoms with E-state index >= 15 is 0 Å². The number of ether oxygens (including phenoxy) is 1. The molecule has 1 aromatic heterocycles.